The maximum absolute atomic E-state index is 14.4. The van der Waals surface area contributed by atoms with Crippen molar-refractivity contribution in [1.82, 2.24) is 71.3 Å². The second kappa shape index (κ2) is 22.0. The van der Waals surface area contributed by atoms with E-state index in [9.17, 15) is 19.2 Å². The largest absolute Gasteiger partial charge is 0.453 e. The minimum Gasteiger partial charge on any atom is -0.453 e. The van der Waals surface area contributed by atoms with Crippen LogP contribution in [-0.4, -0.2) is 119 Å². The molecule has 6 N–H and O–H groups in total. The summed E-state index contributed by atoms with van der Waals surface area (Å²) < 4.78 is 11.6. The molecule has 3 aliphatic rings. The second-order valence-electron chi connectivity index (χ2n) is 20.0. The van der Waals surface area contributed by atoms with E-state index in [1.807, 2.05) is 135 Å². The van der Waals surface area contributed by atoms with Gasteiger partial charge in [-0.2, -0.15) is 0 Å². The van der Waals surface area contributed by atoms with E-state index in [-0.39, 0.29) is 35.7 Å². The van der Waals surface area contributed by atoms with E-state index in [4.69, 9.17) is 19.4 Å². The normalized spacial score (nSPS) is 19.1. The minimum atomic E-state index is -0.823. The molecule has 3 aromatic heterocycles. The summed E-state index contributed by atoms with van der Waals surface area (Å²) in [6, 6.07) is 33.4. The number of H-pyrrole nitrogens is 2. The van der Waals surface area contributed by atoms with Gasteiger partial charge in [-0.3, -0.25) is 14.6 Å². The van der Waals surface area contributed by atoms with Crippen molar-refractivity contribution in [2.24, 2.45) is 11.8 Å². The van der Waals surface area contributed by atoms with Crippen molar-refractivity contribution in [2.45, 2.75) is 76.8 Å². The molecule has 4 amide bonds. The van der Waals surface area contributed by atoms with Crippen LogP contribution >= 0.6 is 0 Å². The number of hydrazine groups is 2. The molecule has 6 atom stereocenters. The fourth-order valence-corrected chi connectivity index (χ4v) is 10.3. The summed E-state index contributed by atoms with van der Waals surface area (Å²) in [6.07, 6.45) is 7.24. The number of aromatic amines is 2. The third-order valence-electron chi connectivity index (χ3n) is 14.5. The quantitative estimate of drug-likeness (QED) is 0.0581. The number of imidazole rings is 2. The van der Waals surface area contributed by atoms with Gasteiger partial charge in [0, 0.05) is 30.4 Å². The summed E-state index contributed by atoms with van der Waals surface area (Å²) in [5, 5.41) is 16.4. The van der Waals surface area contributed by atoms with Crippen molar-refractivity contribution < 1.29 is 28.7 Å². The maximum Gasteiger partial charge on any atom is 0.407 e. The zero-order chi connectivity index (χ0) is 53.0. The van der Waals surface area contributed by atoms with Gasteiger partial charge in [-0.1, -0.05) is 142 Å². The number of carbonyl (C=O) groups excluding carboxylic acids is 4. The third kappa shape index (κ3) is 10.6. The Hall–Kier alpha value is -8.78. The molecule has 20 nitrogen and oxygen atoms in total. The smallest absolute Gasteiger partial charge is 0.407 e. The van der Waals surface area contributed by atoms with Crippen LogP contribution in [0.4, 0.5) is 9.59 Å². The monoisotopic (exact) mass is 1030 g/mol. The van der Waals surface area contributed by atoms with Crippen molar-refractivity contribution in [3.05, 3.63) is 151 Å². The van der Waals surface area contributed by atoms with E-state index >= 15 is 0 Å². The van der Waals surface area contributed by atoms with Crippen molar-refractivity contribution in [3.63, 3.8) is 0 Å². The van der Waals surface area contributed by atoms with Gasteiger partial charge in [0.2, 0.25) is 11.8 Å². The summed E-state index contributed by atoms with van der Waals surface area (Å²) in [6.45, 7) is 8.28. The van der Waals surface area contributed by atoms with Crippen molar-refractivity contribution in [3.8, 4) is 44.9 Å². The molecule has 392 valence electrons. The van der Waals surface area contributed by atoms with Crippen LogP contribution in [0, 0.1) is 11.8 Å². The second-order valence-corrected chi connectivity index (χ2v) is 20.0. The first-order valence-electron chi connectivity index (χ1n) is 25.5. The number of ether oxygens (including phenoxy) is 2. The Morgan fingerprint density at radius 3 is 1.54 bits per heavy atom. The topological polar surface area (TPSA) is 233 Å². The Labute approximate surface area is 440 Å². The zero-order valence-electron chi connectivity index (χ0n) is 43.2. The van der Waals surface area contributed by atoms with Crippen molar-refractivity contribution >= 4 is 29.7 Å². The maximum atomic E-state index is 14.4. The molecule has 2 saturated heterocycles. The van der Waals surface area contributed by atoms with E-state index in [0.717, 1.165) is 56.2 Å². The van der Waals surface area contributed by atoms with Gasteiger partial charge in [-0.25, -0.2) is 24.2 Å². The summed E-state index contributed by atoms with van der Waals surface area (Å²) in [7, 11) is 2.56. The number of methoxy groups -OCH3 is 2. The molecule has 3 aliphatic heterocycles. The van der Waals surface area contributed by atoms with E-state index in [1.165, 1.54) is 14.2 Å². The molecule has 76 heavy (non-hydrogen) atoms. The van der Waals surface area contributed by atoms with Crippen LogP contribution in [0.25, 0.3) is 50.6 Å². The molecule has 0 bridgehead atoms. The predicted octanol–water partition coefficient (Wildman–Crippen LogP) is 7.63. The van der Waals surface area contributed by atoms with Crippen LogP contribution < -0.4 is 21.6 Å². The number of carbonyl (C=O) groups is 4. The predicted molar refractivity (Wildman–Crippen MR) is 284 cm³/mol. The lowest BCUT2D eigenvalue weighted by Gasteiger charge is -2.30. The lowest BCUT2D eigenvalue weighted by Crippen LogP contribution is -2.52. The summed E-state index contributed by atoms with van der Waals surface area (Å²) in [5.74, 6) is 0.385. The van der Waals surface area contributed by atoms with E-state index in [0.29, 0.717) is 37.6 Å². The van der Waals surface area contributed by atoms with Gasteiger partial charge in [-0.15, -0.1) is 10.6 Å². The first-order valence-corrected chi connectivity index (χ1v) is 25.5. The first kappa shape index (κ1) is 50.7. The van der Waals surface area contributed by atoms with Gasteiger partial charge in [0.15, 0.2) is 0 Å². The molecule has 0 aliphatic carbocycles. The molecule has 2 unspecified atom stereocenters. The Kier molecular flexibility index (Phi) is 14.7. The molecule has 0 spiro atoms. The fraction of sp³-hybridized carbons (Fsp3) is 0.321. The highest BCUT2D eigenvalue weighted by atomic mass is 16.5. The number of alkyl carbamates (subject to hydrolysis) is 2. The van der Waals surface area contributed by atoms with Gasteiger partial charge in [-0.05, 0) is 46.9 Å². The first-order chi connectivity index (χ1) is 36.8. The van der Waals surface area contributed by atoms with Crippen LogP contribution in [0.1, 0.15) is 75.9 Å². The number of hydrogen-bond acceptors (Lipinski definition) is 13. The van der Waals surface area contributed by atoms with Crippen LogP contribution in [0.15, 0.2) is 134 Å². The van der Waals surface area contributed by atoms with Gasteiger partial charge in [0.1, 0.15) is 29.4 Å². The summed E-state index contributed by atoms with van der Waals surface area (Å²) in [5.41, 5.74) is 15.6. The molecule has 4 aromatic carbocycles. The third-order valence-corrected chi connectivity index (χ3v) is 14.5. The lowest BCUT2D eigenvalue weighted by molar-refractivity contribution is -0.136. The van der Waals surface area contributed by atoms with Crippen molar-refractivity contribution in [2.75, 3.05) is 27.3 Å². The van der Waals surface area contributed by atoms with Crippen LogP contribution in [-0.2, 0) is 19.1 Å². The SMILES string of the molecule is COC(=O)N[C@H](C(=O)N1C[C@H](N2C=C(c3ccccc3)NN2)CC1c1ncc(-c2ccc(-c3ccc(-c4cnc(C5C[C@@H](n6cc(-c7ccccc7)nn6)CN5C(=O)[C@@H](NC(=O)OC)C(C)C)[nH]4)cc3)cc2)[nH]1)C(C)C. The van der Waals surface area contributed by atoms with Gasteiger partial charge in [0.25, 0.3) is 0 Å². The molecule has 10 rings (SSSR count). The highest BCUT2D eigenvalue weighted by Crippen LogP contribution is 2.40. The number of likely N-dealkylation sites (tertiary alicyclic amines) is 2. The van der Waals surface area contributed by atoms with E-state index in [1.54, 1.807) is 22.2 Å². The van der Waals surface area contributed by atoms with Crippen molar-refractivity contribution in [1.29, 1.82) is 0 Å². The molecule has 0 saturated carbocycles. The number of amides is 4. The minimum absolute atomic E-state index is 0.120. The lowest BCUT2D eigenvalue weighted by atomic mass is 10.0. The Balaban J connectivity index is 0.848. The average Bonchev–Trinajstić information content (AvgIpc) is 4.32. The Morgan fingerprint density at radius 2 is 1.05 bits per heavy atom. The number of nitrogens with zero attached hydrogens (tertiary/aromatic N) is 8. The number of rotatable bonds is 15. The molecular weight excluding hydrogens is 965 g/mol. The Morgan fingerprint density at radius 1 is 0.592 bits per heavy atom. The van der Waals surface area contributed by atoms with Gasteiger partial charge < -0.3 is 45.3 Å². The van der Waals surface area contributed by atoms with E-state index in [2.05, 4.69) is 66.1 Å². The van der Waals surface area contributed by atoms with Gasteiger partial charge in [0.05, 0.1) is 74.1 Å². The Bertz CT molecular complexity index is 3190. The molecular formula is C56H62N14O6. The van der Waals surface area contributed by atoms with Gasteiger partial charge >= 0.3 is 12.2 Å². The molecule has 6 heterocycles. The summed E-state index contributed by atoms with van der Waals surface area (Å²) in [4.78, 5) is 73.8. The highest BCUT2D eigenvalue weighted by Gasteiger charge is 2.45. The number of nitrogens with one attached hydrogen (secondary N) is 6. The standard InChI is InChI=1S/C56H62N14O6/c1-33(2)49(61-55(73)75-5)53(71)67-29-41(69-31-45(63-65-69)37-13-9-7-10-14-37)25-47(67)51-57-27-43(59-51)39-21-17-35(18-22-39)36-19-23-40(24-20-36)44-28-58-52(60-44)48-26-42(70-32-46(64-66-70)38-15-11-8-12-16-38)30-68(48)54(72)50(34(3)4)62-56(74)76-6/h7-24,27-28,31-34,41-42,47-50,63,65H,25-26,29-30H2,1-6H3,(H,57,59)(H,58,60)(H,61,73)(H,62,74)/t41-,42-,47?,48?,49+,50+/m1/s1. The van der Waals surface area contributed by atoms with Crippen LogP contribution in [0.3, 0.4) is 0 Å². The molecule has 7 aromatic rings. The highest BCUT2D eigenvalue weighted by molar-refractivity contribution is 5.87. The molecule has 20 heteroatoms. The molecule has 0 radical (unpaired) electrons. The van der Waals surface area contributed by atoms with Crippen LogP contribution in [0.5, 0.6) is 0 Å². The van der Waals surface area contributed by atoms with Crippen LogP contribution in [0.2, 0.25) is 0 Å². The van der Waals surface area contributed by atoms with E-state index < -0.39 is 36.4 Å². The zero-order valence-corrected chi connectivity index (χ0v) is 43.2. The number of benzene rings is 4. The average molecular weight is 1030 g/mol. The molecule has 2 fully saturated rings. The summed E-state index contributed by atoms with van der Waals surface area (Å²) >= 11 is 0. The fourth-order valence-electron chi connectivity index (χ4n) is 10.3. The number of hydrogen-bond donors (Lipinski definition) is 6. The number of aromatic nitrogens is 7.